The SMILES string of the molecule is CCC(CO)NC(=O)c1sc(-c2ccc(F)cc2)nc1C. The molecule has 0 fully saturated rings. The Kier molecular flexibility index (Phi) is 5.03. The van der Waals surface area contributed by atoms with Gasteiger partial charge in [0.05, 0.1) is 18.3 Å². The Morgan fingerprint density at radius 1 is 1.43 bits per heavy atom. The van der Waals surface area contributed by atoms with Crippen LogP contribution < -0.4 is 5.32 Å². The molecule has 0 saturated carbocycles. The first-order valence-corrected chi connectivity index (χ1v) is 7.51. The summed E-state index contributed by atoms with van der Waals surface area (Å²) >= 11 is 1.26. The molecule has 0 radical (unpaired) electrons. The molecule has 2 aromatic rings. The number of aryl methyl sites for hydroxylation is 1. The van der Waals surface area contributed by atoms with Crippen molar-refractivity contribution in [2.45, 2.75) is 26.3 Å². The zero-order valence-corrected chi connectivity index (χ0v) is 12.7. The number of benzene rings is 1. The summed E-state index contributed by atoms with van der Waals surface area (Å²) in [7, 11) is 0. The highest BCUT2D eigenvalue weighted by Gasteiger charge is 2.18. The predicted octanol–water partition coefficient (Wildman–Crippen LogP) is 2.76. The highest BCUT2D eigenvalue weighted by Crippen LogP contribution is 2.28. The zero-order valence-electron chi connectivity index (χ0n) is 11.9. The molecular formula is C15H17FN2O2S. The highest BCUT2D eigenvalue weighted by molar-refractivity contribution is 7.17. The third-order valence-corrected chi connectivity index (χ3v) is 4.35. The largest absolute Gasteiger partial charge is 0.394 e. The van der Waals surface area contributed by atoms with Crippen molar-refractivity contribution in [2.75, 3.05) is 6.61 Å². The number of rotatable bonds is 5. The summed E-state index contributed by atoms with van der Waals surface area (Å²) < 4.78 is 12.9. The average molecular weight is 308 g/mol. The fourth-order valence-corrected chi connectivity index (χ4v) is 2.83. The minimum atomic E-state index is -0.307. The number of carbonyl (C=O) groups is 1. The fourth-order valence-electron chi connectivity index (χ4n) is 1.85. The van der Waals surface area contributed by atoms with Crippen molar-refractivity contribution in [1.82, 2.24) is 10.3 Å². The lowest BCUT2D eigenvalue weighted by Crippen LogP contribution is -2.36. The molecule has 0 bridgehead atoms. The third-order valence-electron chi connectivity index (χ3n) is 3.14. The molecule has 4 nitrogen and oxygen atoms in total. The predicted molar refractivity (Wildman–Crippen MR) is 80.9 cm³/mol. The van der Waals surface area contributed by atoms with Crippen LogP contribution in [0.1, 0.15) is 28.7 Å². The van der Waals surface area contributed by atoms with Gasteiger partial charge in [-0.2, -0.15) is 0 Å². The minimum Gasteiger partial charge on any atom is -0.394 e. The summed E-state index contributed by atoms with van der Waals surface area (Å²) in [6, 6.07) is 5.75. The quantitative estimate of drug-likeness (QED) is 0.893. The lowest BCUT2D eigenvalue weighted by molar-refractivity contribution is 0.0918. The Balaban J connectivity index is 2.22. The van der Waals surface area contributed by atoms with E-state index >= 15 is 0 Å². The number of halogens is 1. The van der Waals surface area contributed by atoms with Crippen LogP contribution in [0.25, 0.3) is 10.6 Å². The van der Waals surface area contributed by atoms with Crippen LogP contribution in [0, 0.1) is 12.7 Å². The molecule has 1 heterocycles. The zero-order chi connectivity index (χ0) is 15.4. The van der Waals surface area contributed by atoms with Crippen LogP contribution in [0.2, 0.25) is 0 Å². The maximum atomic E-state index is 12.9. The number of hydrogen-bond donors (Lipinski definition) is 2. The smallest absolute Gasteiger partial charge is 0.263 e. The van der Waals surface area contributed by atoms with Gasteiger partial charge in [0.25, 0.3) is 5.91 Å². The van der Waals surface area contributed by atoms with Gasteiger partial charge in [0.2, 0.25) is 0 Å². The molecular weight excluding hydrogens is 291 g/mol. The summed E-state index contributed by atoms with van der Waals surface area (Å²) in [5.41, 5.74) is 1.40. The average Bonchev–Trinajstić information content (AvgIpc) is 2.87. The standard InChI is InChI=1S/C15H17FN2O2S/c1-3-12(8-19)18-14(20)13-9(2)17-15(21-13)10-4-6-11(16)7-5-10/h4-7,12,19H,3,8H2,1-2H3,(H,18,20). The maximum absolute atomic E-state index is 12.9. The maximum Gasteiger partial charge on any atom is 0.263 e. The molecule has 0 spiro atoms. The Bertz CT molecular complexity index is 621. The van der Waals surface area contributed by atoms with Crippen molar-refractivity contribution in [3.8, 4) is 10.6 Å². The lowest BCUT2D eigenvalue weighted by Gasteiger charge is -2.12. The van der Waals surface area contributed by atoms with E-state index in [4.69, 9.17) is 5.11 Å². The molecule has 112 valence electrons. The number of hydrogen-bond acceptors (Lipinski definition) is 4. The first-order chi connectivity index (χ1) is 10.0. The van der Waals surface area contributed by atoms with Gasteiger partial charge >= 0.3 is 0 Å². The molecule has 1 atom stereocenters. The fraction of sp³-hybridized carbons (Fsp3) is 0.333. The molecule has 0 saturated heterocycles. The van der Waals surface area contributed by atoms with Gasteiger partial charge in [-0.1, -0.05) is 6.92 Å². The van der Waals surface area contributed by atoms with Crippen LogP contribution in [0.5, 0.6) is 0 Å². The topological polar surface area (TPSA) is 62.2 Å². The van der Waals surface area contributed by atoms with Gasteiger partial charge in [0.15, 0.2) is 0 Å². The van der Waals surface area contributed by atoms with Gasteiger partial charge in [-0.25, -0.2) is 9.37 Å². The molecule has 1 unspecified atom stereocenters. The van der Waals surface area contributed by atoms with Crippen molar-refractivity contribution in [3.63, 3.8) is 0 Å². The minimum absolute atomic E-state index is 0.0924. The highest BCUT2D eigenvalue weighted by atomic mass is 32.1. The molecule has 1 aromatic carbocycles. The van der Waals surface area contributed by atoms with E-state index in [9.17, 15) is 9.18 Å². The number of nitrogens with zero attached hydrogens (tertiary/aromatic N) is 1. The van der Waals surface area contributed by atoms with Crippen molar-refractivity contribution >= 4 is 17.2 Å². The van der Waals surface area contributed by atoms with Gasteiger partial charge in [-0.3, -0.25) is 4.79 Å². The number of amides is 1. The molecule has 2 N–H and O–H groups in total. The van der Waals surface area contributed by atoms with E-state index in [1.54, 1.807) is 19.1 Å². The van der Waals surface area contributed by atoms with Crippen molar-refractivity contribution in [2.24, 2.45) is 0 Å². The molecule has 2 rings (SSSR count). The van der Waals surface area contributed by atoms with Gasteiger partial charge in [0, 0.05) is 5.56 Å². The second-order valence-electron chi connectivity index (χ2n) is 4.70. The van der Waals surface area contributed by atoms with E-state index in [-0.39, 0.29) is 24.4 Å². The van der Waals surface area contributed by atoms with Gasteiger partial charge in [-0.05, 0) is 37.6 Å². The number of carbonyl (C=O) groups excluding carboxylic acids is 1. The molecule has 6 heteroatoms. The molecule has 1 amide bonds. The number of aliphatic hydroxyl groups is 1. The Morgan fingerprint density at radius 3 is 2.67 bits per heavy atom. The Morgan fingerprint density at radius 2 is 2.10 bits per heavy atom. The Hall–Kier alpha value is -1.79. The normalized spacial score (nSPS) is 12.2. The van der Waals surface area contributed by atoms with Crippen molar-refractivity contribution < 1.29 is 14.3 Å². The summed E-state index contributed by atoms with van der Waals surface area (Å²) in [6.07, 6.45) is 0.658. The lowest BCUT2D eigenvalue weighted by atomic mass is 10.2. The monoisotopic (exact) mass is 308 g/mol. The molecule has 1 aromatic heterocycles. The van der Waals surface area contributed by atoms with Crippen LogP contribution in [0.4, 0.5) is 4.39 Å². The van der Waals surface area contributed by atoms with Crippen LogP contribution in [0.15, 0.2) is 24.3 Å². The summed E-state index contributed by atoms with van der Waals surface area (Å²) in [5.74, 6) is -0.544. The van der Waals surface area contributed by atoms with E-state index in [1.165, 1.54) is 23.5 Å². The van der Waals surface area contributed by atoms with E-state index in [1.807, 2.05) is 6.92 Å². The number of thiazole rings is 1. The van der Waals surface area contributed by atoms with Crippen LogP contribution >= 0.6 is 11.3 Å². The van der Waals surface area contributed by atoms with E-state index in [2.05, 4.69) is 10.3 Å². The first-order valence-electron chi connectivity index (χ1n) is 6.70. The third kappa shape index (κ3) is 3.65. The molecule has 0 aliphatic heterocycles. The van der Waals surface area contributed by atoms with Crippen molar-refractivity contribution in [1.29, 1.82) is 0 Å². The van der Waals surface area contributed by atoms with Crippen LogP contribution in [-0.4, -0.2) is 28.6 Å². The van der Waals surface area contributed by atoms with Gasteiger partial charge in [0.1, 0.15) is 15.7 Å². The summed E-state index contributed by atoms with van der Waals surface area (Å²) in [5, 5.41) is 12.6. The molecule has 0 aliphatic rings. The molecule has 21 heavy (non-hydrogen) atoms. The van der Waals surface area contributed by atoms with E-state index < -0.39 is 0 Å². The number of aromatic nitrogens is 1. The van der Waals surface area contributed by atoms with E-state index in [0.29, 0.717) is 22.0 Å². The Labute approximate surface area is 126 Å². The van der Waals surface area contributed by atoms with Crippen LogP contribution in [0.3, 0.4) is 0 Å². The van der Waals surface area contributed by atoms with Gasteiger partial charge < -0.3 is 10.4 Å². The van der Waals surface area contributed by atoms with Crippen LogP contribution in [-0.2, 0) is 0 Å². The first kappa shape index (κ1) is 15.6. The number of nitrogens with one attached hydrogen (secondary N) is 1. The van der Waals surface area contributed by atoms with Gasteiger partial charge in [-0.15, -0.1) is 11.3 Å². The summed E-state index contributed by atoms with van der Waals surface area (Å²) in [6.45, 7) is 3.56. The summed E-state index contributed by atoms with van der Waals surface area (Å²) in [4.78, 5) is 17.1. The molecule has 0 aliphatic carbocycles. The van der Waals surface area contributed by atoms with E-state index in [0.717, 1.165) is 5.56 Å². The number of aliphatic hydroxyl groups excluding tert-OH is 1. The second kappa shape index (κ2) is 6.78. The van der Waals surface area contributed by atoms with Crippen molar-refractivity contribution in [3.05, 3.63) is 40.7 Å². The second-order valence-corrected chi connectivity index (χ2v) is 5.70.